The number of carbonyl (C=O) groups is 1. The second-order valence-electron chi connectivity index (χ2n) is 4.91. The van der Waals surface area contributed by atoms with Gasteiger partial charge >= 0.3 is 0 Å². The van der Waals surface area contributed by atoms with Gasteiger partial charge in [-0.1, -0.05) is 6.42 Å². The molecule has 0 unspecified atom stereocenters. The van der Waals surface area contributed by atoms with Crippen LogP contribution in [0.5, 0.6) is 0 Å². The zero-order chi connectivity index (χ0) is 10.9. The summed E-state index contributed by atoms with van der Waals surface area (Å²) in [7, 11) is 1.79. The van der Waals surface area contributed by atoms with Gasteiger partial charge in [0.15, 0.2) is 0 Å². The van der Waals surface area contributed by atoms with Crippen molar-refractivity contribution < 1.29 is 9.90 Å². The minimum absolute atomic E-state index is 0.0312. The van der Waals surface area contributed by atoms with E-state index in [9.17, 15) is 9.90 Å². The minimum atomic E-state index is 0.0312. The zero-order valence-corrected chi connectivity index (χ0v) is 9.33. The molecule has 2 fully saturated rings. The number of hydrogen-bond donors (Lipinski definition) is 2. The van der Waals surface area contributed by atoms with Gasteiger partial charge in [-0.25, -0.2) is 0 Å². The normalized spacial score (nSPS) is 34.5. The van der Waals surface area contributed by atoms with E-state index in [4.69, 9.17) is 0 Å². The summed E-state index contributed by atoms with van der Waals surface area (Å²) < 4.78 is 0. The molecule has 0 aromatic carbocycles. The number of hydrogen-bond acceptors (Lipinski definition) is 3. The van der Waals surface area contributed by atoms with E-state index in [2.05, 4.69) is 5.32 Å². The topological polar surface area (TPSA) is 52.6 Å². The Morgan fingerprint density at radius 1 is 1.67 bits per heavy atom. The second kappa shape index (κ2) is 4.10. The van der Waals surface area contributed by atoms with E-state index >= 15 is 0 Å². The summed E-state index contributed by atoms with van der Waals surface area (Å²) in [5.74, 6) is 0.697. The predicted octanol–water partition coefficient (Wildman–Crippen LogP) is -0.173. The molecule has 2 aliphatic rings. The molecule has 1 amide bonds. The molecule has 0 spiro atoms. The Morgan fingerprint density at radius 3 is 3.07 bits per heavy atom. The summed E-state index contributed by atoms with van der Waals surface area (Å²) in [4.78, 5) is 13.6. The molecule has 2 atom stereocenters. The summed E-state index contributed by atoms with van der Waals surface area (Å²) in [5.41, 5.74) is 0.0312. The number of rotatable bonds is 3. The third-order valence-electron chi connectivity index (χ3n) is 4.04. The first-order valence-electron chi connectivity index (χ1n) is 5.75. The fourth-order valence-electron chi connectivity index (χ4n) is 3.13. The van der Waals surface area contributed by atoms with Crippen LogP contribution in [0.15, 0.2) is 0 Å². The van der Waals surface area contributed by atoms with Crippen LogP contribution in [0.4, 0.5) is 0 Å². The number of nitrogens with zero attached hydrogens (tertiary/aromatic N) is 1. The quantitative estimate of drug-likeness (QED) is 0.683. The van der Waals surface area contributed by atoms with Crippen molar-refractivity contribution in [1.82, 2.24) is 10.2 Å². The average Bonchev–Trinajstić information content (AvgIpc) is 2.73. The fraction of sp³-hybridized carbons (Fsp3) is 0.909. The first kappa shape index (κ1) is 10.9. The van der Waals surface area contributed by atoms with Gasteiger partial charge in [0, 0.05) is 18.5 Å². The van der Waals surface area contributed by atoms with Gasteiger partial charge in [0.05, 0.1) is 13.2 Å². The Bertz CT molecular complexity index is 257. The Labute approximate surface area is 90.6 Å². The van der Waals surface area contributed by atoms with Crippen molar-refractivity contribution >= 4 is 5.91 Å². The third-order valence-corrected chi connectivity index (χ3v) is 4.04. The highest BCUT2D eigenvalue weighted by Crippen LogP contribution is 2.48. The van der Waals surface area contributed by atoms with Crippen LogP contribution < -0.4 is 5.32 Å². The first-order valence-corrected chi connectivity index (χ1v) is 5.75. The third kappa shape index (κ3) is 1.76. The summed E-state index contributed by atoms with van der Waals surface area (Å²) in [5, 5.41) is 12.4. The van der Waals surface area contributed by atoms with Gasteiger partial charge in [0.25, 0.3) is 0 Å². The van der Waals surface area contributed by atoms with Crippen LogP contribution in [-0.2, 0) is 4.79 Å². The number of aliphatic hydroxyl groups excluding tert-OH is 1. The van der Waals surface area contributed by atoms with Crippen molar-refractivity contribution in [3.63, 3.8) is 0 Å². The Morgan fingerprint density at radius 2 is 2.47 bits per heavy atom. The smallest absolute Gasteiger partial charge is 0.236 e. The molecular formula is C11H20N2O2. The van der Waals surface area contributed by atoms with Crippen molar-refractivity contribution in [3.05, 3.63) is 0 Å². The number of amides is 1. The van der Waals surface area contributed by atoms with E-state index in [0.29, 0.717) is 12.5 Å². The molecule has 1 aliphatic carbocycles. The summed E-state index contributed by atoms with van der Waals surface area (Å²) >= 11 is 0. The number of carbonyl (C=O) groups excluding carboxylic acids is 1. The SMILES string of the molecule is CNCC(=O)N1C[C@@H]2CCC[C@]2(CO)C1. The van der Waals surface area contributed by atoms with Crippen LogP contribution in [-0.4, -0.2) is 49.2 Å². The summed E-state index contributed by atoms with van der Waals surface area (Å²) in [6, 6.07) is 0. The lowest BCUT2D eigenvalue weighted by molar-refractivity contribution is -0.129. The highest BCUT2D eigenvalue weighted by Gasteiger charge is 2.49. The number of likely N-dealkylation sites (N-methyl/N-ethyl adjacent to an activating group) is 1. The summed E-state index contributed by atoms with van der Waals surface area (Å²) in [6.07, 6.45) is 3.46. The molecule has 15 heavy (non-hydrogen) atoms. The van der Waals surface area contributed by atoms with E-state index in [-0.39, 0.29) is 17.9 Å². The summed E-state index contributed by atoms with van der Waals surface area (Å²) in [6.45, 7) is 2.25. The van der Waals surface area contributed by atoms with Crippen LogP contribution in [0.25, 0.3) is 0 Å². The second-order valence-corrected chi connectivity index (χ2v) is 4.91. The van der Waals surface area contributed by atoms with Crippen LogP contribution in [0.2, 0.25) is 0 Å². The molecule has 1 saturated heterocycles. The molecule has 1 heterocycles. The van der Waals surface area contributed by atoms with Gasteiger partial charge < -0.3 is 15.3 Å². The van der Waals surface area contributed by atoms with Crippen molar-refractivity contribution in [1.29, 1.82) is 0 Å². The van der Waals surface area contributed by atoms with Crippen LogP contribution in [0.1, 0.15) is 19.3 Å². The molecule has 0 aromatic heterocycles. The van der Waals surface area contributed by atoms with Gasteiger partial charge in [0.2, 0.25) is 5.91 Å². The number of aliphatic hydroxyl groups is 1. The van der Waals surface area contributed by atoms with Crippen molar-refractivity contribution in [2.45, 2.75) is 19.3 Å². The number of nitrogens with one attached hydrogen (secondary N) is 1. The molecule has 4 nitrogen and oxygen atoms in total. The van der Waals surface area contributed by atoms with Crippen molar-refractivity contribution in [3.8, 4) is 0 Å². The Hall–Kier alpha value is -0.610. The highest BCUT2D eigenvalue weighted by atomic mass is 16.3. The first-order chi connectivity index (χ1) is 7.22. The van der Waals surface area contributed by atoms with Gasteiger partial charge in [-0.15, -0.1) is 0 Å². The standard InChI is InChI=1S/C11H20N2O2/c1-12-5-10(15)13-6-9-3-2-4-11(9,7-13)8-14/h9,12,14H,2-8H2,1H3/t9-,11+/m0/s1. The van der Waals surface area contributed by atoms with E-state index in [1.54, 1.807) is 7.05 Å². The van der Waals surface area contributed by atoms with Gasteiger partial charge in [-0.05, 0) is 25.8 Å². The molecule has 1 aliphatic heterocycles. The van der Waals surface area contributed by atoms with Crippen molar-refractivity contribution in [2.75, 3.05) is 33.3 Å². The van der Waals surface area contributed by atoms with Gasteiger partial charge in [-0.3, -0.25) is 4.79 Å². The average molecular weight is 212 g/mol. The number of fused-ring (bicyclic) bond motifs is 1. The molecule has 0 bridgehead atoms. The molecule has 0 radical (unpaired) electrons. The lowest BCUT2D eigenvalue weighted by Gasteiger charge is -2.25. The lowest BCUT2D eigenvalue weighted by atomic mass is 9.82. The van der Waals surface area contributed by atoms with Crippen molar-refractivity contribution in [2.24, 2.45) is 11.3 Å². The molecule has 86 valence electrons. The monoisotopic (exact) mass is 212 g/mol. The maximum absolute atomic E-state index is 11.7. The molecule has 4 heteroatoms. The molecule has 2 rings (SSSR count). The van der Waals surface area contributed by atoms with E-state index in [1.807, 2.05) is 4.90 Å². The van der Waals surface area contributed by atoms with E-state index in [0.717, 1.165) is 19.5 Å². The molecular weight excluding hydrogens is 192 g/mol. The van der Waals surface area contributed by atoms with Crippen LogP contribution in [0, 0.1) is 11.3 Å². The lowest BCUT2D eigenvalue weighted by Crippen LogP contribution is -2.38. The Kier molecular flexibility index (Phi) is 2.98. The van der Waals surface area contributed by atoms with Crippen LogP contribution >= 0.6 is 0 Å². The molecule has 2 N–H and O–H groups in total. The van der Waals surface area contributed by atoms with Gasteiger partial charge in [-0.2, -0.15) is 0 Å². The molecule has 0 aromatic rings. The largest absolute Gasteiger partial charge is 0.396 e. The maximum atomic E-state index is 11.7. The molecule has 1 saturated carbocycles. The zero-order valence-electron chi connectivity index (χ0n) is 9.33. The van der Waals surface area contributed by atoms with Gasteiger partial charge in [0.1, 0.15) is 0 Å². The van der Waals surface area contributed by atoms with E-state index < -0.39 is 0 Å². The Balaban J connectivity index is 2.01. The fourth-order valence-corrected chi connectivity index (χ4v) is 3.13. The van der Waals surface area contributed by atoms with Crippen LogP contribution in [0.3, 0.4) is 0 Å². The van der Waals surface area contributed by atoms with E-state index in [1.165, 1.54) is 12.8 Å². The minimum Gasteiger partial charge on any atom is -0.396 e. The highest BCUT2D eigenvalue weighted by molar-refractivity contribution is 5.78. The number of likely N-dealkylation sites (tertiary alicyclic amines) is 1. The maximum Gasteiger partial charge on any atom is 0.236 e. The predicted molar refractivity (Wildman–Crippen MR) is 57.4 cm³/mol.